The second-order valence-electron chi connectivity index (χ2n) is 6.35. The molecule has 1 aliphatic rings. The fraction of sp³-hybridized carbons (Fsp3) is 0.500. The molecule has 1 fully saturated rings. The molecule has 0 bridgehead atoms. The largest absolute Gasteiger partial charge is 0.478 e. The molecule has 2 rings (SSSR count). The molecule has 1 saturated carbocycles. The molecule has 0 saturated heterocycles. The molecule has 0 aromatic heterocycles. The molecule has 2 N–H and O–H groups in total. The van der Waals surface area contributed by atoms with Crippen LogP contribution in [0.15, 0.2) is 18.2 Å². The van der Waals surface area contributed by atoms with E-state index in [4.69, 9.17) is 9.84 Å². The highest BCUT2D eigenvalue weighted by atomic mass is 16.6. The van der Waals surface area contributed by atoms with Gasteiger partial charge in [-0.05, 0) is 62.8 Å². The lowest BCUT2D eigenvalue weighted by Gasteiger charge is -2.20. The molecule has 0 aliphatic heterocycles. The van der Waals surface area contributed by atoms with E-state index in [1.807, 2.05) is 20.8 Å². The first-order chi connectivity index (χ1) is 9.76. The van der Waals surface area contributed by atoms with Gasteiger partial charge in [0.15, 0.2) is 0 Å². The summed E-state index contributed by atoms with van der Waals surface area (Å²) in [5.41, 5.74) is 1.73. The number of ether oxygens (including phenoxy) is 1. The van der Waals surface area contributed by atoms with Gasteiger partial charge in [-0.15, -0.1) is 0 Å². The normalized spacial score (nSPS) is 14.6. The van der Waals surface area contributed by atoms with Crippen LogP contribution in [-0.2, 0) is 11.3 Å². The minimum atomic E-state index is -0.927. The number of amides is 1. The van der Waals surface area contributed by atoms with Gasteiger partial charge in [-0.25, -0.2) is 9.59 Å². The van der Waals surface area contributed by atoms with Gasteiger partial charge >= 0.3 is 12.1 Å². The van der Waals surface area contributed by atoms with Crippen LogP contribution in [0.5, 0.6) is 0 Å². The highest BCUT2D eigenvalue weighted by Gasteiger charge is 2.27. The van der Waals surface area contributed by atoms with Crippen LogP contribution in [0.2, 0.25) is 0 Å². The van der Waals surface area contributed by atoms with E-state index in [1.54, 1.807) is 18.2 Å². The third-order valence-corrected chi connectivity index (χ3v) is 3.23. The highest BCUT2D eigenvalue weighted by Crippen LogP contribution is 2.42. The molecule has 5 nitrogen and oxygen atoms in total. The Balaban J connectivity index is 2.06. The number of carboxylic acids is 1. The minimum Gasteiger partial charge on any atom is -0.478 e. The predicted molar refractivity (Wildman–Crippen MR) is 78.5 cm³/mol. The first-order valence-electron chi connectivity index (χ1n) is 7.09. The van der Waals surface area contributed by atoms with Gasteiger partial charge in [0.25, 0.3) is 0 Å². The number of hydrogen-bond donors (Lipinski definition) is 2. The van der Waals surface area contributed by atoms with E-state index in [2.05, 4.69) is 5.32 Å². The molecule has 0 unspecified atom stereocenters. The number of rotatable bonds is 4. The Kier molecular flexibility index (Phi) is 4.21. The smallest absolute Gasteiger partial charge is 0.407 e. The number of benzene rings is 1. The number of nitrogens with one attached hydrogen (secondary N) is 1. The van der Waals surface area contributed by atoms with Crippen molar-refractivity contribution in [2.24, 2.45) is 0 Å². The standard InChI is InChI=1S/C16H21NO4/c1-16(2,3)21-15(20)17-9-12-7-6-11(14(18)19)8-13(12)10-4-5-10/h6-8,10H,4-5,9H2,1-3H3,(H,17,20)(H,18,19). The maximum Gasteiger partial charge on any atom is 0.407 e. The van der Waals surface area contributed by atoms with Gasteiger partial charge in [-0.2, -0.15) is 0 Å². The molecular weight excluding hydrogens is 270 g/mol. The fourth-order valence-electron chi connectivity index (χ4n) is 2.14. The summed E-state index contributed by atoms with van der Waals surface area (Å²) in [6.45, 7) is 5.78. The van der Waals surface area contributed by atoms with Gasteiger partial charge in [-0.1, -0.05) is 6.07 Å². The molecule has 5 heteroatoms. The van der Waals surface area contributed by atoms with Gasteiger partial charge in [0.05, 0.1) is 5.56 Å². The zero-order valence-electron chi connectivity index (χ0n) is 12.6. The van der Waals surface area contributed by atoms with Gasteiger partial charge in [0.1, 0.15) is 5.60 Å². The number of carbonyl (C=O) groups excluding carboxylic acids is 1. The lowest BCUT2D eigenvalue weighted by atomic mass is 10.00. The molecule has 21 heavy (non-hydrogen) atoms. The number of aromatic carboxylic acids is 1. The average Bonchev–Trinajstić information content (AvgIpc) is 3.18. The Morgan fingerprint density at radius 1 is 1.33 bits per heavy atom. The monoisotopic (exact) mass is 291 g/mol. The third-order valence-electron chi connectivity index (χ3n) is 3.23. The molecule has 0 spiro atoms. The summed E-state index contributed by atoms with van der Waals surface area (Å²) in [4.78, 5) is 22.7. The van der Waals surface area contributed by atoms with Crippen molar-refractivity contribution < 1.29 is 19.4 Å². The summed E-state index contributed by atoms with van der Waals surface area (Å²) < 4.78 is 5.19. The second-order valence-corrected chi connectivity index (χ2v) is 6.35. The summed E-state index contributed by atoms with van der Waals surface area (Å²) in [6, 6.07) is 5.06. The Labute approximate surface area is 124 Å². The Morgan fingerprint density at radius 2 is 2.00 bits per heavy atom. The average molecular weight is 291 g/mol. The van der Waals surface area contributed by atoms with Crippen molar-refractivity contribution in [1.82, 2.24) is 5.32 Å². The van der Waals surface area contributed by atoms with Crippen molar-refractivity contribution in [2.75, 3.05) is 0 Å². The van der Waals surface area contributed by atoms with Crippen molar-refractivity contribution in [2.45, 2.75) is 51.7 Å². The molecule has 1 amide bonds. The van der Waals surface area contributed by atoms with Crippen LogP contribution in [0.4, 0.5) is 4.79 Å². The van der Waals surface area contributed by atoms with Crippen LogP contribution < -0.4 is 5.32 Å². The number of alkyl carbamates (subject to hydrolysis) is 1. The number of carbonyl (C=O) groups is 2. The van der Waals surface area contributed by atoms with Gasteiger partial charge in [0, 0.05) is 6.54 Å². The zero-order valence-corrected chi connectivity index (χ0v) is 12.6. The van der Waals surface area contributed by atoms with Crippen molar-refractivity contribution >= 4 is 12.1 Å². The van der Waals surface area contributed by atoms with E-state index < -0.39 is 17.7 Å². The topological polar surface area (TPSA) is 75.6 Å². The molecule has 1 aromatic rings. The van der Waals surface area contributed by atoms with Crippen molar-refractivity contribution in [3.8, 4) is 0 Å². The van der Waals surface area contributed by atoms with Crippen LogP contribution in [0, 0.1) is 0 Å². The Morgan fingerprint density at radius 3 is 2.52 bits per heavy atom. The maximum atomic E-state index is 11.7. The minimum absolute atomic E-state index is 0.290. The summed E-state index contributed by atoms with van der Waals surface area (Å²) in [5.74, 6) is -0.511. The fourth-order valence-corrected chi connectivity index (χ4v) is 2.14. The van der Waals surface area contributed by atoms with Crippen LogP contribution in [0.1, 0.15) is 61.0 Å². The summed E-state index contributed by atoms with van der Waals surface area (Å²) in [6.07, 6.45) is 1.68. The van der Waals surface area contributed by atoms with Crippen molar-refractivity contribution in [3.05, 3.63) is 34.9 Å². The summed E-state index contributed by atoms with van der Waals surface area (Å²) in [7, 11) is 0. The van der Waals surface area contributed by atoms with Crippen LogP contribution in [0.25, 0.3) is 0 Å². The lowest BCUT2D eigenvalue weighted by molar-refractivity contribution is 0.0522. The molecule has 1 aliphatic carbocycles. The van der Waals surface area contributed by atoms with E-state index >= 15 is 0 Å². The summed E-state index contributed by atoms with van der Waals surface area (Å²) >= 11 is 0. The van der Waals surface area contributed by atoms with E-state index in [1.165, 1.54) is 0 Å². The van der Waals surface area contributed by atoms with E-state index in [0.29, 0.717) is 12.5 Å². The van der Waals surface area contributed by atoms with Crippen molar-refractivity contribution in [3.63, 3.8) is 0 Å². The second kappa shape index (κ2) is 5.76. The number of carboxylic acid groups (broad SMARTS) is 1. The molecule has 0 atom stereocenters. The lowest BCUT2D eigenvalue weighted by Crippen LogP contribution is -2.32. The Hall–Kier alpha value is -2.04. The van der Waals surface area contributed by atoms with E-state index in [9.17, 15) is 9.59 Å². The number of hydrogen-bond acceptors (Lipinski definition) is 3. The van der Waals surface area contributed by atoms with E-state index in [0.717, 1.165) is 24.0 Å². The van der Waals surface area contributed by atoms with Crippen LogP contribution in [-0.4, -0.2) is 22.8 Å². The predicted octanol–water partition coefficient (Wildman–Crippen LogP) is 3.29. The van der Waals surface area contributed by atoms with Gasteiger partial charge in [0.2, 0.25) is 0 Å². The Bertz CT molecular complexity index is 556. The van der Waals surface area contributed by atoms with E-state index in [-0.39, 0.29) is 5.56 Å². The van der Waals surface area contributed by atoms with Gasteiger partial charge in [-0.3, -0.25) is 0 Å². The highest BCUT2D eigenvalue weighted by molar-refractivity contribution is 5.88. The zero-order chi connectivity index (χ0) is 15.6. The molecule has 0 heterocycles. The molecular formula is C16H21NO4. The third kappa shape index (κ3) is 4.48. The molecule has 1 aromatic carbocycles. The molecule has 0 radical (unpaired) electrons. The maximum absolute atomic E-state index is 11.7. The van der Waals surface area contributed by atoms with Crippen LogP contribution >= 0.6 is 0 Å². The van der Waals surface area contributed by atoms with Crippen LogP contribution in [0.3, 0.4) is 0 Å². The first-order valence-corrected chi connectivity index (χ1v) is 7.09. The molecule has 114 valence electrons. The quantitative estimate of drug-likeness (QED) is 0.892. The van der Waals surface area contributed by atoms with Crippen molar-refractivity contribution in [1.29, 1.82) is 0 Å². The first kappa shape index (κ1) is 15.4. The van der Waals surface area contributed by atoms with Gasteiger partial charge < -0.3 is 15.2 Å². The summed E-state index contributed by atoms with van der Waals surface area (Å²) in [5, 5.41) is 11.8. The SMILES string of the molecule is CC(C)(C)OC(=O)NCc1ccc(C(=O)O)cc1C1CC1.